The van der Waals surface area contributed by atoms with Crippen molar-refractivity contribution >= 4 is 23.4 Å². The predicted octanol–water partition coefficient (Wildman–Crippen LogP) is 2.32. The molecular formula is C17H17N5O2S. The van der Waals surface area contributed by atoms with E-state index in [4.69, 9.17) is 10.3 Å². The van der Waals surface area contributed by atoms with Crippen LogP contribution in [0.5, 0.6) is 0 Å². The van der Waals surface area contributed by atoms with Crippen LogP contribution >= 0.6 is 11.8 Å². The van der Waals surface area contributed by atoms with E-state index in [1.54, 1.807) is 18.4 Å². The van der Waals surface area contributed by atoms with Crippen LogP contribution < -0.4 is 10.7 Å². The Morgan fingerprint density at radius 1 is 1.28 bits per heavy atom. The molecule has 7 nitrogen and oxygen atoms in total. The van der Waals surface area contributed by atoms with Crippen molar-refractivity contribution in [1.82, 2.24) is 14.9 Å². The number of carbonyl (C=O) groups is 1. The van der Waals surface area contributed by atoms with Gasteiger partial charge in [-0.1, -0.05) is 30.0 Å². The summed E-state index contributed by atoms with van der Waals surface area (Å²) >= 11 is 1.29. The number of benzene rings is 1. The number of fused-ring (bicyclic) bond motifs is 1. The first-order valence-corrected chi connectivity index (χ1v) is 8.83. The molecule has 0 saturated carbocycles. The van der Waals surface area contributed by atoms with Crippen LogP contribution in [0.2, 0.25) is 0 Å². The molecule has 1 aliphatic rings. The summed E-state index contributed by atoms with van der Waals surface area (Å²) in [6, 6.07) is 11.5. The highest BCUT2D eigenvalue weighted by molar-refractivity contribution is 8.00. The van der Waals surface area contributed by atoms with Crippen LogP contribution in [0, 0.1) is 0 Å². The second kappa shape index (κ2) is 6.29. The number of aromatic nitrogens is 3. The smallest absolute Gasteiger partial charge is 0.240 e. The highest BCUT2D eigenvalue weighted by Crippen LogP contribution is 2.31. The van der Waals surface area contributed by atoms with E-state index < -0.39 is 0 Å². The molecule has 0 aliphatic carbocycles. The quantitative estimate of drug-likeness (QED) is 0.571. The van der Waals surface area contributed by atoms with Crippen molar-refractivity contribution in [2.45, 2.75) is 23.8 Å². The molecule has 0 bridgehead atoms. The van der Waals surface area contributed by atoms with E-state index in [1.807, 2.05) is 30.0 Å². The topological polar surface area (TPSA) is 90.2 Å². The minimum Gasteiger partial charge on any atom is -0.461 e. The van der Waals surface area contributed by atoms with Crippen molar-refractivity contribution in [3.63, 3.8) is 0 Å². The molecular weight excluding hydrogens is 338 g/mol. The Bertz CT molecular complexity index is 906. The van der Waals surface area contributed by atoms with Crippen molar-refractivity contribution in [2.75, 3.05) is 17.3 Å². The van der Waals surface area contributed by atoms with Gasteiger partial charge in [0.15, 0.2) is 5.76 Å². The summed E-state index contributed by atoms with van der Waals surface area (Å²) in [5.41, 5.74) is 2.19. The molecule has 1 atom stereocenters. The number of nitrogens with zero attached hydrogens (tertiary/aromatic N) is 4. The molecule has 2 N–H and O–H groups in total. The molecule has 0 spiro atoms. The summed E-state index contributed by atoms with van der Waals surface area (Å²) < 4.78 is 6.65. The van der Waals surface area contributed by atoms with Crippen molar-refractivity contribution < 1.29 is 9.21 Å². The molecule has 8 heteroatoms. The van der Waals surface area contributed by atoms with E-state index in [9.17, 15) is 4.79 Å². The van der Waals surface area contributed by atoms with Crippen molar-refractivity contribution in [3.8, 4) is 11.6 Å². The Morgan fingerprint density at radius 2 is 2.12 bits per heavy atom. The lowest BCUT2D eigenvalue weighted by atomic mass is 10.2. The number of rotatable bonds is 4. The molecule has 25 heavy (non-hydrogen) atoms. The van der Waals surface area contributed by atoms with Crippen LogP contribution in [0.3, 0.4) is 0 Å². The zero-order chi connectivity index (χ0) is 17.4. The molecule has 0 unspecified atom stereocenters. The third-order valence-corrected chi connectivity index (χ3v) is 5.23. The SMILES string of the molecule is C[C@@H](Sc1nnc(-c2ccco2)n1N)C(=O)N1CCc2ccccc21. The van der Waals surface area contributed by atoms with E-state index in [1.165, 1.54) is 22.0 Å². The Balaban J connectivity index is 1.51. The number of amides is 1. The van der Waals surface area contributed by atoms with Gasteiger partial charge in [0.25, 0.3) is 0 Å². The zero-order valence-corrected chi connectivity index (χ0v) is 14.4. The lowest BCUT2D eigenvalue weighted by molar-refractivity contribution is -0.117. The lowest BCUT2D eigenvalue weighted by Gasteiger charge is -2.21. The third-order valence-electron chi connectivity index (χ3n) is 4.19. The summed E-state index contributed by atoms with van der Waals surface area (Å²) in [6.45, 7) is 2.56. The number of anilines is 1. The van der Waals surface area contributed by atoms with Gasteiger partial charge in [0.05, 0.1) is 11.5 Å². The number of carbonyl (C=O) groups excluding carboxylic acids is 1. The molecule has 3 heterocycles. The van der Waals surface area contributed by atoms with Crippen LogP contribution in [-0.4, -0.2) is 32.6 Å². The molecule has 4 rings (SSSR count). The Kier molecular flexibility index (Phi) is 3.96. The fourth-order valence-corrected chi connectivity index (χ4v) is 3.76. The van der Waals surface area contributed by atoms with Crippen LogP contribution in [-0.2, 0) is 11.2 Å². The van der Waals surface area contributed by atoms with Gasteiger partial charge in [-0.25, -0.2) is 4.68 Å². The molecule has 0 radical (unpaired) electrons. The molecule has 2 aromatic heterocycles. The number of nitrogen functional groups attached to an aromatic ring is 1. The number of hydrogen-bond donors (Lipinski definition) is 1. The zero-order valence-electron chi connectivity index (χ0n) is 13.6. The van der Waals surface area contributed by atoms with Gasteiger partial charge in [0.1, 0.15) is 0 Å². The third kappa shape index (κ3) is 2.78. The average Bonchev–Trinajstić information content (AvgIpc) is 3.35. The van der Waals surface area contributed by atoms with E-state index in [-0.39, 0.29) is 11.2 Å². The second-order valence-electron chi connectivity index (χ2n) is 5.78. The van der Waals surface area contributed by atoms with E-state index in [0.29, 0.717) is 23.3 Å². The number of hydrogen-bond acceptors (Lipinski definition) is 6. The summed E-state index contributed by atoms with van der Waals surface area (Å²) in [5.74, 6) is 7.06. The summed E-state index contributed by atoms with van der Waals surface area (Å²) in [5, 5.41) is 8.28. The van der Waals surface area contributed by atoms with Crippen molar-refractivity contribution in [2.24, 2.45) is 0 Å². The summed E-state index contributed by atoms with van der Waals surface area (Å²) in [7, 11) is 0. The predicted molar refractivity (Wildman–Crippen MR) is 95.7 cm³/mol. The van der Waals surface area contributed by atoms with Crippen LogP contribution in [0.15, 0.2) is 52.2 Å². The Hall–Kier alpha value is -2.74. The summed E-state index contributed by atoms with van der Waals surface area (Å²) in [6.07, 6.45) is 2.43. The molecule has 1 aromatic carbocycles. The van der Waals surface area contributed by atoms with Gasteiger partial charge in [-0.2, -0.15) is 0 Å². The molecule has 3 aromatic rings. The number of thioether (sulfide) groups is 1. The lowest BCUT2D eigenvalue weighted by Crippen LogP contribution is -2.35. The fourth-order valence-electron chi connectivity index (χ4n) is 2.93. The average molecular weight is 355 g/mol. The van der Waals surface area contributed by atoms with Gasteiger partial charge in [-0.15, -0.1) is 10.2 Å². The van der Waals surface area contributed by atoms with Gasteiger partial charge >= 0.3 is 0 Å². The normalized spacial score (nSPS) is 14.5. The maximum Gasteiger partial charge on any atom is 0.240 e. The molecule has 1 aliphatic heterocycles. The molecule has 0 fully saturated rings. The standard InChI is InChI=1S/C17H17N5O2S/c1-11(16(23)21-9-8-12-5-2-3-6-13(12)21)25-17-20-19-15(22(17)18)14-7-4-10-24-14/h2-7,10-11H,8-9,18H2,1H3/t11-/m1/s1. The minimum atomic E-state index is -0.331. The van der Waals surface area contributed by atoms with E-state index in [2.05, 4.69) is 16.3 Å². The molecule has 128 valence electrons. The van der Waals surface area contributed by atoms with Crippen LogP contribution in [0.4, 0.5) is 5.69 Å². The number of nitrogens with two attached hydrogens (primary N) is 1. The van der Waals surface area contributed by atoms with Gasteiger partial charge in [0, 0.05) is 12.2 Å². The van der Waals surface area contributed by atoms with E-state index >= 15 is 0 Å². The van der Waals surface area contributed by atoms with Gasteiger partial charge in [0.2, 0.25) is 16.9 Å². The first kappa shape index (κ1) is 15.8. The second-order valence-corrected chi connectivity index (χ2v) is 7.09. The molecule has 0 saturated heterocycles. The minimum absolute atomic E-state index is 0.0394. The number of para-hydroxylation sites is 1. The van der Waals surface area contributed by atoms with Gasteiger partial charge < -0.3 is 15.2 Å². The highest BCUT2D eigenvalue weighted by atomic mass is 32.2. The first-order chi connectivity index (χ1) is 12.1. The maximum absolute atomic E-state index is 12.8. The largest absolute Gasteiger partial charge is 0.461 e. The van der Waals surface area contributed by atoms with Gasteiger partial charge in [-0.05, 0) is 37.1 Å². The monoisotopic (exact) mass is 355 g/mol. The Labute approximate surface area is 148 Å². The first-order valence-electron chi connectivity index (χ1n) is 7.95. The number of furan rings is 1. The van der Waals surface area contributed by atoms with Crippen LogP contribution in [0.1, 0.15) is 12.5 Å². The highest BCUT2D eigenvalue weighted by Gasteiger charge is 2.29. The maximum atomic E-state index is 12.8. The fraction of sp³-hybridized carbons (Fsp3) is 0.235. The van der Waals surface area contributed by atoms with Crippen molar-refractivity contribution in [3.05, 3.63) is 48.2 Å². The van der Waals surface area contributed by atoms with Crippen LogP contribution in [0.25, 0.3) is 11.6 Å². The Morgan fingerprint density at radius 3 is 2.92 bits per heavy atom. The molecule has 1 amide bonds. The van der Waals surface area contributed by atoms with Crippen molar-refractivity contribution in [1.29, 1.82) is 0 Å². The summed E-state index contributed by atoms with van der Waals surface area (Å²) in [4.78, 5) is 14.7. The van der Waals surface area contributed by atoms with Gasteiger partial charge in [-0.3, -0.25) is 4.79 Å². The van der Waals surface area contributed by atoms with E-state index in [0.717, 1.165) is 12.1 Å².